The molecule has 2 amide bonds. The summed E-state index contributed by atoms with van der Waals surface area (Å²) in [5, 5.41) is 13.5. The van der Waals surface area contributed by atoms with Crippen LogP contribution in [0.25, 0.3) is 0 Å². The first-order valence-electron chi connectivity index (χ1n) is 11.6. The molecule has 0 radical (unpaired) electrons. The smallest absolute Gasteiger partial charge is 0.310 e. The number of hydrogen-bond acceptors (Lipinski definition) is 6. The summed E-state index contributed by atoms with van der Waals surface area (Å²) in [6.45, 7) is 7.36. The number of para-hydroxylation sites is 1. The lowest BCUT2D eigenvalue weighted by molar-refractivity contribution is -0.154. The van der Waals surface area contributed by atoms with Gasteiger partial charge in [-0.05, 0) is 37.8 Å². The monoisotopic (exact) mass is 572 g/mol. The SMILES string of the molecule is CCOC(=O)[C@H]1[C@@H]2SC3(CC2Br)C(C(=O)Nc2c(C)cccc2Cl)N([C@@H](CO)C(C)C)C(=O)[C@H]13. The van der Waals surface area contributed by atoms with Crippen molar-refractivity contribution in [1.82, 2.24) is 4.90 Å². The van der Waals surface area contributed by atoms with Gasteiger partial charge in [-0.3, -0.25) is 14.4 Å². The summed E-state index contributed by atoms with van der Waals surface area (Å²) in [5.41, 5.74) is 1.31. The Morgan fingerprint density at radius 2 is 2.12 bits per heavy atom. The number of nitrogens with one attached hydrogen (secondary N) is 1. The molecule has 2 bridgehead atoms. The molecule has 4 rings (SSSR count). The van der Waals surface area contributed by atoms with Crippen molar-refractivity contribution in [3.8, 4) is 0 Å². The highest BCUT2D eigenvalue weighted by atomic mass is 79.9. The van der Waals surface area contributed by atoms with E-state index in [1.54, 1.807) is 13.0 Å². The number of aliphatic hydroxyl groups is 1. The number of anilines is 1. The van der Waals surface area contributed by atoms with Crippen LogP contribution in [0.1, 0.15) is 32.8 Å². The first kappa shape index (κ1) is 25.8. The number of carbonyl (C=O) groups excluding carboxylic acids is 3. The van der Waals surface area contributed by atoms with E-state index in [-0.39, 0.29) is 41.0 Å². The zero-order valence-corrected chi connectivity index (χ0v) is 22.7. The van der Waals surface area contributed by atoms with Gasteiger partial charge in [-0.15, -0.1) is 11.8 Å². The van der Waals surface area contributed by atoms with Crippen LogP contribution in [0.4, 0.5) is 5.69 Å². The number of aliphatic hydroxyl groups excluding tert-OH is 1. The van der Waals surface area contributed by atoms with Crippen LogP contribution in [0.2, 0.25) is 5.02 Å². The average Bonchev–Trinajstić information content (AvgIpc) is 3.35. The van der Waals surface area contributed by atoms with Crippen molar-refractivity contribution in [3.05, 3.63) is 28.8 Å². The third-order valence-electron chi connectivity index (χ3n) is 7.32. The molecule has 1 aromatic rings. The van der Waals surface area contributed by atoms with E-state index in [2.05, 4.69) is 21.2 Å². The largest absolute Gasteiger partial charge is 0.466 e. The molecule has 3 unspecified atom stereocenters. The summed E-state index contributed by atoms with van der Waals surface area (Å²) in [6.07, 6.45) is 0.557. The second-order valence-electron chi connectivity index (χ2n) is 9.58. The minimum absolute atomic E-state index is 0.0418. The molecule has 0 aliphatic carbocycles. The molecule has 3 heterocycles. The fourth-order valence-corrected chi connectivity index (χ4v) is 9.69. The van der Waals surface area contributed by atoms with Gasteiger partial charge in [0, 0.05) is 10.1 Å². The van der Waals surface area contributed by atoms with Crippen LogP contribution < -0.4 is 5.32 Å². The summed E-state index contributed by atoms with van der Waals surface area (Å²) in [5.74, 6) is -2.46. The fraction of sp³-hybridized carbons (Fsp3) is 0.625. The number of nitrogens with zero attached hydrogens (tertiary/aromatic N) is 1. The number of amides is 2. The summed E-state index contributed by atoms with van der Waals surface area (Å²) < 4.78 is 4.55. The molecule has 7 nitrogen and oxygen atoms in total. The van der Waals surface area contributed by atoms with Gasteiger partial charge < -0.3 is 20.1 Å². The van der Waals surface area contributed by atoms with Gasteiger partial charge in [-0.1, -0.05) is 53.5 Å². The maximum absolute atomic E-state index is 14.0. The van der Waals surface area contributed by atoms with Crippen molar-refractivity contribution in [1.29, 1.82) is 0 Å². The molecule has 186 valence electrons. The van der Waals surface area contributed by atoms with Crippen LogP contribution in [0.5, 0.6) is 0 Å². The molecule has 3 fully saturated rings. The van der Waals surface area contributed by atoms with Gasteiger partial charge in [0.05, 0.1) is 46.5 Å². The maximum Gasteiger partial charge on any atom is 0.310 e. The predicted octanol–water partition coefficient (Wildman–Crippen LogP) is 3.63. The predicted molar refractivity (Wildman–Crippen MR) is 136 cm³/mol. The van der Waals surface area contributed by atoms with Crippen LogP contribution in [0, 0.1) is 24.7 Å². The molecule has 3 aliphatic rings. The molecular formula is C24H30BrClN2O5S. The number of likely N-dealkylation sites (tertiary alicyclic amines) is 1. The number of fused-ring (bicyclic) bond motifs is 1. The highest BCUT2D eigenvalue weighted by Crippen LogP contribution is 2.68. The molecule has 3 aliphatic heterocycles. The third-order valence-corrected chi connectivity index (χ3v) is 10.9. The standard InChI is InChI=1S/C24H30BrClN2O5S/c1-5-33-23(32)16-17-22(31)28(15(10-29)11(2)3)20(24(17)9-13(25)19(16)34-24)21(30)27-18-12(4)7-6-8-14(18)26/h6-8,11,13,15-17,19-20,29H,5,9-10H2,1-4H3,(H,27,30)/t13?,15-,16+,17-,19+,20?,24?/m0/s1. The zero-order valence-electron chi connectivity index (χ0n) is 19.6. The lowest BCUT2D eigenvalue weighted by Gasteiger charge is -2.38. The summed E-state index contributed by atoms with van der Waals surface area (Å²) in [7, 11) is 0. The number of carbonyl (C=O) groups is 3. The maximum atomic E-state index is 14.0. The van der Waals surface area contributed by atoms with Gasteiger partial charge in [0.25, 0.3) is 0 Å². The van der Waals surface area contributed by atoms with Crippen LogP contribution in [0.3, 0.4) is 0 Å². The van der Waals surface area contributed by atoms with Gasteiger partial charge in [-0.25, -0.2) is 0 Å². The third kappa shape index (κ3) is 3.87. The summed E-state index contributed by atoms with van der Waals surface area (Å²) >= 11 is 11.6. The van der Waals surface area contributed by atoms with Crippen molar-refractivity contribution in [2.24, 2.45) is 17.8 Å². The molecule has 3 saturated heterocycles. The van der Waals surface area contributed by atoms with Gasteiger partial charge in [0.2, 0.25) is 11.8 Å². The van der Waals surface area contributed by atoms with Crippen LogP contribution in [-0.2, 0) is 19.1 Å². The number of halogens is 2. The number of ether oxygens (including phenoxy) is 1. The molecular weight excluding hydrogens is 544 g/mol. The summed E-state index contributed by atoms with van der Waals surface area (Å²) in [6, 6.07) is 3.93. The lowest BCUT2D eigenvalue weighted by Crippen LogP contribution is -2.56. The minimum Gasteiger partial charge on any atom is -0.466 e. The van der Waals surface area contributed by atoms with E-state index in [4.69, 9.17) is 16.3 Å². The number of aryl methyl sites for hydroxylation is 1. The van der Waals surface area contributed by atoms with E-state index < -0.39 is 34.6 Å². The summed E-state index contributed by atoms with van der Waals surface area (Å²) in [4.78, 5) is 42.4. The van der Waals surface area contributed by atoms with Crippen LogP contribution >= 0.6 is 39.3 Å². The topological polar surface area (TPSA) is 95.9 Å². The van der Waals surface area contributed by atoms with E-state index in [0.29, 0.717) is 17.1 Å². The Balaban J connectivity index is 1.81. The van der Waals surface area contributed by atoms with E-state index in [0.717, 1.165) is 5.56 Å². The average molecular weight is 574 g/mol. The van der Waals surface area contributed by atoms with Crippen molar-refractivity contribution < 1.29 is 24.2 Å². The Bertz CT molecular complexity index is 989. The Labute approximate surface area is 217 Å². The normalized spacial score (nSPS) is 32.8. The van der Waals surface area contributed by atoms with Gasteiger partial charge >= 0.3 is 5.97 Å². The van der Waals surface area contributed by atoms with E-state index in [1.165, 1.54) is 16.7 Å². The van der Waals surface area contributed by atoms with Crippen molar-refractivity contribution in [2.45, 2.75) is 61.0 Å². The minimum atomic E-state index is -0.866. The van der Waals surface area contributed by atoms with Crippen LogP contribution in [-0.4, -0.2) is 67.9 Å². The number of benzene rings is 1. The number of esters is 1. The molecule has 10 heteroatoms. The molecule has 7 atom stereocenters. The second kappa shape index (κ2) is 9.64. The van der Waals surface area contributed by atoms with E-state index >= 15 is 0 Å². The molecule has 2 N–H and O–H groups in total. The first-order valence-corrected chi connectivity index (χ1v) is 13.7. The van der Waals surface area contributed by atoms with Crippen molar-refractivity contribution in [3.63, 3.8) is 0 Å². The number of thioether (sulfide) groups is 1. The van der Waals surface area contributed by atoms with Gasteiger partial charge in [0.15, 0.2) is 0 Å². The number of hydrogen-bond donors (Lipinski definition) is 2. The van der Waals surface area contributed by atoms with Crippen LogP contribution in [0.15, 0.2) is 18.2 Å². The Morgan fingerprint density at radius 3 is 2.71 bits per heavy atom. The zero-order chi connectivity index (χ0) is 24.9. The number of alkyl halides is 1. The number of rotatable bonds is 7. The highest BCUT2D eigenvalue weighted by Gasteiger charge is 2.76. The Morgan fingerprint density at radius 1 is 1.41 bits per heavy atom. The first-order chi connectivity index (χ1) is 16.1. The Kier molecular flexibility index (Phi) is 7.31. The second-order valence-corrected chi connectivity index (χ2v) is 12.7. The fourth-order valence-electron chi connectivity index (χ4n) is 5.83. The Hall–Kier alpha value is -1.29. The molecule has 34 heavy (non-hydrogen) atoms. The quantitative estimate of drug-likeness (QED) is 0.382. The van der Waals surface area contributed by atoms with Gasteiger partial charge in [0.1, 0.15) is 6.04 Å². The van der Waals surface area contributed by atoms with Gasteiger partial charge in [-0.2, -0.15) is 0 Å². The lowest BCUT2D eigenvalue weighted by atomic mass is 9.71. The molecule has 0 saturated carbocycles. The molecule has 1 aromatic carbocycles. The van der Waals surface area contributed by atoms with Crippen molar-refractivity contribution >= 4 is 62.8 Å². The molecule has 0 aromatic heterocycles. The molecule has 1 spiro atoms. The van der Waals surface area contributed by atoms with Crippen molar-refractivity contribution in [2.75, 3.05) is 18.5 Å². The van der Waals surface area contributed by atoms with E-state index in [1.807, 2.05) is 32.9 Å². The highest BCUT2D eigenvalue weighted by molar-refractivity contribution is 9.09. The van der Waals surface area contributed by atoms with E-state index in [9.17, 15) is 19.5 Å².